The monoisotopic (exact) mass is 290 g/mol. The summed E-state index contributed by atoms with van der Waals surface area (Å²) in [5.41, 5.74) is 6.43. The van der Waals surface area contributed by atoms with Gasteiger partial charge in [0.25, 0.3) is 0 Å². The molecule has 0 heterocycles. The molecule has 1 fully saturated rings. The van der Waals surface area contributed by atoms with Crippen molar-refractivity contribution in [1.29, 1.82) is 0 Å². The van der Waals surface area contributed by atoms with Crippen LogP contribution in [0.15, 0.2) is 24.3 Å². The first-order valence-electron chi connectivity index (χ1n) is 6.82. The Morgan fingerprint density at radius 2 is 1.86 bits per heavy atom. The summed E-state index contributed by atoms with van der Waals surface area (Å²) in [4.78, 5) is 35.8. The Hall–Kier alpha value is -2.37. The van der Waals surface area contributed by atoms with Gasteiger partial charge in [-0.15, -0.1) is 0 Å². The van der Waals surface area contributed by atoms with E-state index in [-0.39, 0.29) is 11.9 Å². The van der Waals surface area contributed by atoms with Gasteiger partial charge in [-0.05, 0) is 37.5 Å². The maximum absolute atomic E-state index is 12.2. The average Bonchev–Trinajstić information content (AvgIpc) is 3.28. The molecule has 2 rings (SSSR count). The second kappa shape index (κ2) is 5.95. The highest BCUT2D eigenvalue weighted by Gasteiger charge is 2.36. The van der Waals surface area contributed by atoms with Gasteiger partial charge in [0, 0.05) is 18.2 Å². The molecule has 112 valence electrons. The molecule has 0 aromatic heterocycles. The molecule has 0 bridgehead atoms. The van der Waals surface area contributed by atoms with Crippen LogP contribution in [-0.2, 0) is 16.1 Å². The third kappa shape index (κ3) is 3.59. The molecule has 1 aromatic rings. The number of carbonyl (C=O) groups excluding carboxylic acids is 2. The molecule has 0 saturated heterocycles. The standard InChI is InChI=1S/C15H18N2O4/c1-9(15(20)21)14(19)17(12-6-7-12)8-10-2-4-11(5-3-10)13(16)18/h2-5,9,12H,6-8H2,1H3,(H2,16,18)(H,20,21). The third-order valence-corrected chi connectivity index (χ3v) is 3.60. The summed E-state index contributed by atoms with van der Waals surface area (Å²) >= 11 is 0. The zero-order valence-electron chi connectivity index (χ0n) is 11.8. The number of benzene rings is 1. The van der Waals surface area contributed by atoms with Crippen LogP contribution in [0.3, 0.4) is 0 Å². The summed E-state index contributed by atoms with van der Waals surface area (Å²) in [5.74, 6) is -3.04. The summed E-state index contributed by atoms with van der Waals surface area (Å²) in [6.07, 6.45) is 1.80. The van der Waals surface area contributed by atoms with Crippen LogP contribution in [0.25, 0.3) is 0 Å². The van der Waals surface area contributed by atoms with Crippen LogP contribution >= 0.6 is 0 Å². The molecule has 21 heavy (non-hydrogen) atoms. The number of aliphatic carboxylic acids is 1. The van der Waals surface area contributed by atoms with E-state index in [1.54, 1.807) is 29.2 Å². The van der Waals surface area contributed by atoms with E-state index in [2.05, 4.69) is 0 Å². The number of carboxylic acid groups (broad SMARTS) is 1. The number of primary amides is 1. The Balaban J connectivity index is 2.11. The number of hydrogen-bond acceptors (Lipinski definition) is 3. The predicted octanol–water partition coefficient (Wildman–Crippen LogP) is 0.997. The van der Waals surface area contributed by atoms with E-state index >= 15 is 0 Å². The number of amides is 2. The normalized spacial score (nSPS) is 15.3. The minimum Gasteiger partial charge on any atom is -0.481 e. The molecule has 0 aliphatic heterocycles. The van der Waals surface area contributed by atoms with Crippen LogP contribution in [0.2, 0.25) is 0 Å². The SMILES string of the molecule is CC(C(=O)O)C(=O)N(Cc1ccc(C(N)=O)cc1)C1CC1. The molecule has 1 aliphatic carbocycles. The Kier molecular flexibility index (Phi) is 4.26. The Bertz CT molecular complexity index is 564. The van der Waals surface area contributed by atoms with Crippen LogP contribution in [0.1, 0.15) is 35.7 Å². The van der Waals surface area contributed by atoms with Crippen molar-refractivity contribution < 1.29 is 19.5 Å². The van der Waals surface area contributed by atoms with Crippen molar-refractivity contribution in [2.75, 3.05) is 0 Å². The van der Waals surface area contributed by atoms with E-state index in [4.69, 9.17) is 10.8 Å². The molecule has 1 aliphatic rings. The summed E-state index contributed by atoms with van der Waals surface area (Å²) in [6, 6.07) is 6.79. The van der Waals surface area contributed by atoms with E-state index < -0.39 is 17.8 Å². The van der Waals surface area contributed by atoms with Crippen molar-refractivity contribution in [1.82, 2.24) is 4.90 Å². The first kappa shape index (κ1) is 15.0. The fourth-order valence-electron chi connectivity index (χ4n) is 2.10. The first-order chi connectivity index (χ1) is 9.90. The molecular formula is C15H18N2O4. The minimum atomic E-state index is -1.12. The number of rotatable bonds is 6. The zero-order chi connectivity index (χ0) is 15.6. The summed E-state index contributed by atoms with van der Waals surface area (Å²) in [6.45, 7) is 1.75. The first-order valence-corrected chi connectivity index (χ1v) is 6.82. The zero-order valence-corrected chi connectivity index (χ0v) is 11.8. The minimum absolute atomic E-state index is 0.120. The molecule has 0 spiro atoms. The number of hydrogen-bond donors (Lipinski definition) is 2. The van der Waals surface area contributed by atoms with Gasteiger partial charge in [0.1, 0.15) is 5.92 Å². The van der Waals surface area contributed by atoms with Gasteiger partial charge in [-0.2, -0.15) is 0 Å². The van der Waals surface area contributed by atoms with Gasteiger partial charge in [0.2, 0.25) is 11.8 Å². The third-order valence-electron chi connectivity index (χ3n) is 3.60. The quantitative estimate of drug-likeness (QED) is 0.763. The van der Waals surface area contributed by atoms with Crippen LogP contribution in [0.4, 0.5) is 0 Å². The Labute approximate surface area is 122 Å². The largest absolute Gasteiger partial charge is 0.481 e. The van der Waals surface area contributed by atoms with E-state index in [1.165, 1.54) is 6.92 Å². The fourth-order valence-corrected chi connectivity index (χ4v) is 2.10. The lowest BCUT2D eigenvalue weighted by Gasteiger charge is -2.24. The van der Waals surface area contributed by atoms with Gasteiger partial charge in [-0.1, -0.05) is 12.1 Å². The van der Waals surface area contributed by atoms with Crippen molar-refractivity contribution in [3.05, 3.63) is 35.4 Å². The number of carbonyl (C=O) groups is 3. The molecular weight excluding hydrogens is 272 g/mol. The van der Waals surface area contributed by atoms with Gasteiger partial charge in [-0.3, -0.25) is 14.4 Å². The van der Waals surface area contributed by atoms with Gasteiger partial charge in [-0.25, -0.2) is 0 Å². The van der Waals surface area contributed by atoms with Crippen molar-refractivity contribution >= 4 is 17.8 Å². The van der Waals surface area contributed by atoms with Crippen molar-refractivity contribution in [3.63, 3.8) is 0 Å². The molecule has 1 aromatic carbocycles. The highest BCUT2D eigenvalue weighted by atomic mass is 16.4. The van der Waals surface area contributed by atoms with Crippen molar-refractivity contribution in [3.8, 4) is 0 Å². The Morgan fingerprint density at radius 3 is 2.29 bits per heavy atom. The van der Waals surface area contributed by atoms with E-state index in [0.717, 1.165) is 18.4 Å². The maximum Gasteiger partial charge on any atom is 0.315 e. The average molecular weight is 290 g/mol. The fraction of sp³-hybridized carbons (Fsp3) is 0.400. The second-order valence-corrected chi connectivity index (χ2v) is 5.32. The van der Waals surface area contributed by atoms with Crippen molar-refractivity contribution in [2.45, 2.75) is 32.4 Å². The molecule has 1 saturated carbocycles. The highest BCUT2D eigenvalue weighted by molar-refractivity contribution is 5.96. The lowest BCUT2D eigenvalue weighted by atomic mass is 10.1. The summed E-state index contributed by atoms with van der Waals surface area (Å²) in [7, 11) is 0. The molecule has 0 radical (unpaired) electrons. The predicted molar refractivity (Wildman–Crippen MR) is 75.3 cm³/mol. The van der Waals surface area contributed by atoms with E-state index in [9.17, 15) is 14.4 Å². The van der Waals surface area contributed by atoms with Gasteiger partial charge in [0.15, 0.2) is 0 Å². The molecule has 1 unspecified atom stereocenters. The molecule has 1 atom stereocenters. The number of nitrogens with zero attached hydrogens (tertiary/aromatic N) is 1. The lowest BCUT2D eigenvalue weighted by molar-refractivity contribution is -0.150. The number of nitrogens with two attached hydrogens (primary N) is 1. The molecule has 3 N–H and O–H groups in total. The topological polar surface area (TPSA) is 101 Å². The lowest BCUT2D eigenvalue weighted by Crippen LogP contribution is -2.39. The molecule has 6 heteroatoms. The van der Waals surface area contributed by atoms with Crippen LogP contribution in [-0.4, -0.2) is 33.8 Å². The van der Waals surface area contributed by atoms with Gasteiger partial charge in [0.05, 0.1) is 0 Å². The van der Waals surface area contributed by atoms with Crippen LogP contribution in [0, 0.1) is 5.92 Å². The van der Waals surface area contributed by atoms with Gasteiger partial charge < -0.3 is 15.7 Å². The Morgan fingerprint density at radius 1 is 1.29 bits per heavy atom. The summed E-state index contributed by atoms with van der Waals surface area (Å²) in [5, 5.41) is 8.97. The highest BCUT2D eigenvalue weighted by Crippen LogP contribution is 2.29. The van der Waals surface area contributed by atoms with E-state index in [1.807, 2.05) is 0 Å². The van der Waals surface area contributed by atoms with Crippen LogP contribution in [0.5, 0.6) is 0 Å². The second-order valence-electron chi connectivity index (χ2n) is 5.32. The van der Waals surface area contributed by atoms with Crippen LogP contribution < -0.4 is 5.73 Å². The van der Waals surface area contributed by atoms with E-state index in [0.29, 0.717) is 12.1 Å². The van der Waals surface area contributed by atoms with Crippen molar-refractivity contribution in [2.24, 2.45) is 11.7 Å². The molecule has 2 amide bonds. The smallest absolute Gasteiger partial charge is 0.315 e. The van der Waals surface area contributed by atoms with Gasteiger partial charge >= 0.3 is 5.97 Å². The molecule has 6 nitrogen and oxygen atoms in total. The maximum atomic E-state index is 12.2. The summed E-state index contributed by atoms with van der Waals surface area (Å²) < 4.78 is 0. The number of carboxylic acids is 1.